The van der Waals surface area contributed by atoms with Crippen LogP contribution in [-0.2, 0) is 0 Å². The molecule has 1 N–H and O–H groups in total. The van der Waals surface area contributed by atoms with Gasteiger partial charge in [0.05, 0.1) is 5.69 Å². The quantitative estimate of drug-likeness (QED) is 0.403. The lowest BCUT2D eigenvalue weighted by Crippen LogP contribution is -1.89. The Bertz CT molecular complexity index is 1170. The van der Waals surface area contributed by atoms with Crippen LogP contribution in [0.2, 0.25) is 0 Å². The third-order valence-electron chi connectivity index (χ3n) is 4.44. The molecule has 0 fully saturated rings. The number of furan rings is 1. The van der Waals surface area contributed by atoms with E-state index in [-0.39, 0.29) is 0 Å². The fourth-order valence-corrected chi connectivity index (χ4v) is 3.34. The number of nitrogens with one attached hydrogen (secondary N) is 1. The normalized spacial score (nSPS) is 11.3. The fraction of sp³-hybridized carbons (Fsp3) is 0. The Hall–Kier alpha value is -3.26. The van der Waals surface area contributed by atoms with Crippen molar-refractivity contribution in [2.24, 2.45) is 0 Å². The number of anilines is 2. The zero-order valence-electron chi connectivity index (χ0n) is 13.0. The van der Waals surface area contributed by atoms with Crippen molar-refractivity contribution in [1.82, 2.24) is 0 Å². The maximum atomic E-state index is 6.20. The number of hydrogen-bond donors (Lipinski definition) is 1. The molecule has 2 nitrogen and oxygen atoms in total. The molecule has 0 saturated carbocycles. The van der Waals surface area contributed by atoms with E-state index in [1.807, 2.05) is 18.2 Å². The second-order valence-electron chi connectivity index (χ2n) is 5.94. The molecule has 114 valence electrons. The predicted molar refractivity (Wildman–Crippen MR) is 101 cm³/mol. The first-order valence-corrected chi connectivity index (χ1v) is 8.05. The van der Waals surface area contributed by atoms with E-state index in [1.54, 1.807) is 0 Å². The predicted octanol–water partition coefficient (Wildman–Crippen LogP) is 6.48. The van der Waals surface area contributed by atoms with Crippen molar-refractivity contribution in [1.29, 1.82) is 0 Å². The molecule has 0 unspecified atom stereocenters. The summed E-state index contributed by atoms with van der Waals surface area (Å²) < 4.78 is 6.20. The van der Waals surface area contributed by atoms with Crippen LogP contribution < -0.4 is 5.32 Å². The van der Waals surface area contributed by atoms with Crippen LogP contribution in [-0.4, -0.2) is 0 Å². The Balaban J connectivity index is 1.80. The van der Waals surface area contributed by atoms with Crippen molar-refractivity contribution < 1.29 is 4.42 Å². The summed E-state index contributed by atoms with van der Waals surface area (Å²) in [6, 6.07) is 29.0. The highest BCUT2D eigenvalue weighted by molar-refractivity contribution is 6.20. The lowest BCUT2D eigenvalue weighted by Gasteiger charge is -2.06. The van der Waals surface area contributed by atoms with Gasteiger partial charge in [-0.05, 0) is 35.0 Å². The minimum Gasteiger partial charge on any atom is -0.454 e. The second-order valence-corrected chi connectivity index (χ2v) is 5.94. The first-order chi connectivity index (χ1) is 11.9. The Morgan fingerprint density at radius 3 is 2.33 bits per heavy atom. The number of para-hydroxylation sites is 2. The second kappa shape index (κ2) is 5.14. The van der Waals surface area contributed by atoms with Crippen LogP contribution in [0, 0.1) is 0 Å². The third-order valence-corrected chi connectivity index (χ3v) is 4.44. The first-order valence-electron chi connectivity index (χ1n) is 8.05. The van der Waals surface area contributed by atoms with Gasteiger partial charge in [0.2, 0.25) is 0 Å². The van der Waals surface area contributed by atoms with Gasteiger partial charge in [0, 0.05) is 16.5 Å². The van der Waals surface area contributed by atoms with Gasteiger partial charge in [0.15, 0.2) is 5.58 Å². The van der Waals surface area contributed by atoms with Crippen molar-refractivity contribution in [3.8, 4) is 0 Å². The molecule has 0 amide bonds. The molecule has 0 spiro atoms. The number of fused-ring (bicyclic) bond motifs is 5. The minimum absolute atomic E-state index is 0.896. The number of hydrogen-bond acceptors (Lipinski definition) is 2. The van der Waals surface area contributed by atoms with Crippen LogP contribution >= 0.6 is 0 Å². The first kappa shape index (κ1) is 13.2. The molecule has 0 bridgehead atoms. The van der Waals surface area contributed by atoms with Crippen LogP contribution in [0.5, 0.6) is 0 Å². The van der Waals surface area contributed by atoms with Gasteiger partial charge in [-0.1, -0.05) is 60.7 Å². The van der Waals surface area contributed by atoms with Crippen molar-refractivity contribution in [3.05, 3.63) is 84.9 Å². The van der Waals surface area contributed by atoms with Gasteiger partial charge in [-0.3, -0.25) is 0 Å². The minimum atomic E-state index is 0.896. The maximum Gasteiger partial charge on any atom is 0.158 e. The molecule has 5 aromatic rings. The molecule has 1 aromatic heterocycles. The maximum absolute atomic E-state index is 6.20. The van der Waals surface area contributed by atoms with Crippen molar-refractivity contribution in [3.63, 3.8) is 0 Å². The summed E-state index contributed by atoms with van der Waals surface area (Å²) in [6.07, 6.45) is 0. The molecule has 0 saturated heterocycles. The molecule has 0 aliphatic heterocycles. The molecule has 1 heterocycles. The summed E-state index contributed by atoms with van der Waals surface area (Å²) in [4.78, 5) is 0. The molecule has 5 rings (SSSR count). The lowest BCUT2D eigenvalue weighted by atomic mass is 10.0. The standard InChI is InChI=1S/C22H15NO/c1-2-8-16(9-3-1)23-19-12-6-11-18-21-17-10-5-4-7-15(17)13-14-20(21)24-22(18)19/h1-14,23H. The van der Waals surface area contributed by atoms with Gasteiger partial charge in [-0.2, -0.15) is 0 Å². The van der Waals surface area contributed by atoms with E-state index >= 15 is 0 Å². The number of benzene rings is 4. The largest absolute Gasteiger partial charge is 0.454 e. The Morgan fingerprint density at radius 2 is 1.42 bits per heavy atom. The van der Waals surface area contributed by atoms with Crippen molar-refractivity contribution >= 4 is 44.1 Å². The molecule has 0 radical (unpaired) electrons. The molecule has 0 atom stereocenters. The van der Waals surface area contributed by atoms with Gasteiger partial charge in [0.25, 0.3) is 0 Å². The fourth-order valence-electron chi connectivity index (χ4n) is 3.34. The average Bonchev–Trinajstić information content (AvgIpc) is 3.03. The zero-order valence-corrected chi connectivity index (χ0v) is 13.0. The van der Waals surface area contributed by atoms with Crippen LogP contribution in [0.4, 0.5) is 11.4 Å². The van der Waals surface area contributed by atoms with E-state index in [2.05, 4.69) is 72.0 Å². The van der Waals surface area contributed by atoms with Crippen LogP contribution in [0.25, 0.3) is 32.7 Å². The highest BCUT2D eigenvalue weighted by Gasteiger charge is 2.13. The van der Waals surface area contributed by atoms with Gasteiger partial charge in [-0.15, -0.1) is 0 Å². The van der Waals surface area contributed by atoms with E-state index in [1.165, 1.54) is 16.2 Å². The van der Waals surface area contributed by atoms with Crippen molar-refractivity contribution in [2.45, 2.75) is 0 Å². The van der Waals surface area contributed by atoms with Crippen LogP contribution in [0.3, 0.4) is 0 Å². The summed E-state index contributed by atoms with van der Waals surface area (Å²) in [5.41, 5.74) is 3.85. The molecule has 24 heavy (non-hydrogen) atoms. The van der Waals surface area contributed by atoms with E-state index in [0.717, 1.165) is 27.9 Å². The lowest BCUT2D eigenvalue weighted by molar-refractivity contribution is 0.670. The van der Waals surface area contributed by atoms with E-state index in [4.69, 9.17) is 4.42 Å². The Morgan fingerprint density at radius 1 is 0.625 bits per heavy atom. The SMILES string of the molecule is c1ccc(Nc2cccc3c2oc2ccc4ccccc4c23)cc1. The smallest absolute Gasteiger partial charge is 0.158 e. The molecule has 0 aliphatic rings. The zero-order chi connectivity index (χ0) is 15.9. The highest BCUT2D eigenvalue weighted by Crippen LogP contribution is 2.38. The van der Waals surface area contributed by atoms with E-state index in [9.17, 15) is 0 Å². The molecular formula is C22H15NO. The van der Waals surface area contributed by atoms with E-state index in [0.29, 0.717) is 0 Å². The molecule has 4 aromatic carbocycles. The summed E-state index contributed by atoms with van der Waals surface area (Å²) in [7, 11) is 0. The monoisotopic (exact) mass is 309 g/mol. The van der Waals surface area contributed by atoms with Gasteiger partial charge in [0.1, 0.15) is 5.58 Å². The van der Waals surface area contributed by atoms with Crippen LogP contribution in [0.15, 0.2) is 89.3 Å². The van der Waals surface area contributed by atoms with Crippen LogP contribution in [0.1, 0.15) is 0 Å². The third kappa shape index (κ3) is 1.97. The summed E-state index contributed by atoms with van der Waals surface area (Å²) >= 11 is 0. The van der Waals surface area contributed by atoms with Gasteiger partial charge < -0.3 is 9.73 Å². The van der Waals surface area contributed by atoms with Gasteiger partial charge in [-0.25, -0.2) is 0 Å². The molecular weight excluding hydrogens is 294 g/mol. The Kier molecular flexibility index (Phi) is 2.83. The summed E-state index contributed by atoms with van der Waals surface area (Å²) in [5.74, 6) is 0. The summed E-state index contributed by atoms with van der Waals surface area (Å²) in [6.45, 7) is 0. The molecule has 0 aliphatic carbocycles. The Labute approximate surface area is 139 Å². The van der Waals surface area contributed by atoms with E-state index < -0.39 is 0 Å². The summed E-state index contributed by atoms with van der Waals surface area (Å²) in [5, 5.41) is 8.24. The number of rotatable bonds is 2. The molecule has 2 heteroatoms. The topological polar surface area (TPSA) is 25.2 Å². The average molecular weight is 309 g/mol. The van der Waals surface area contributed by atoms with Crippen molar-refractivity contribution in [2.75, 3.05) is 5.32 Å². The highest BCUT2D eigenvalue weighted by atomic mass is 16.3. The van der Waals surface area contributed by atoms with Gasteiger partial charge >= 0.3 is 0 Å².